The summed E-state index contributed by atoms with van der Waals surface area (Å²) in [5, 5.41) is 10.0. The van der Waals surface area contributed by atoms with E-state index in [0.29, 0.717) is 17.1 Å². The third-order valence-corrected chi connectivity index (χ3v) is 8.35. The van der Waals surface area contributed by atoms with E-state index in [1.54, 1.807) is 0 Å². The molecule has 0 bridgehead atoms. The lowest BCUT2D eigenvalue weighted by atomic mass is 9.45. The Morgan fingerprint density at radius 3 is 2.62 bits per heavy atom. The number of aliphatic hydroxyl groups excluding tert-OH is 1. The Bertz CT molecular complexity index is 458. The molecule has 21 heavy (non-hydrogen) atoms. The molecule has 0 saturated heterocycles. The van der Waals surface area contributed by atoms with E-state index < -0.39 is 0 Å². The molecule has 0 aromatic carbocycles. The molecule has 1 N–H and O–H groups in total. The summed E-state index contributed by atoms with van der Waals surface area (Å²) in [6, 6.07) is 0. The van der Waals surface area contributed by atoms with Crippen molar-refractivity contribution in [2.75, 3.05) is 0 Å². The largest absolute Gasteiger partial charge is 0.393 e. The summed E-state index contributed by atoms with van der Waals surface area (Å²) in [5.41, 5.74) is 0.452. The van der Waals surface area contributed by atoms with E-state index in [2.05, 4.69) is 13.8 Å². The highest BCUT2D eigenvalue weighted by Crippen LogP contribution is 2.65. The van der Waals surface area contributed by atoms with Crippen LogP contribution in [0.3, 0.4) is 0 Å². The summed E-state index contributed by atoms with van der Waals surface area (Å²) in [6.07, 6.45) is 10.1. The minimum absolute atomic E-state index is 0.0124. The van der Waals surface area contributed by atoms with Crippen molar-refractivity contribution in [2.24, 2.45) is 34.5 Å². The standard InChI is InChI=1S/C19H30O2/c1-18-9-7-13(20)11-12(18)3-4-14-15-5-6-17(21)19(15,2)10-8-16(14)18/h12-16,20H,3-11H2,1-2H3/t12-,13-,14-,15-,16+,18+,19-/m0/s1. The summed E-state index contributed by atoms with van der Waals surface area (Å²) in [7, 11) is 0. The van der Waals surface area contributed by atoms with E-state index in [9.17, 15) is 9.90 Å². The van der Waals surface area contributed by atoms with Crippen LogP contribution < -0.4 is 0 Å². The Balaban J connectivity index is 1.64. The summed E-state index contributed by atoms with van der Waals surface area (Å²) in [6.45, 7) is 4.78. The molecule has 7 atom stereocenters. The van der Waals surface area contributed by atoms with Gasteiger partial charge in [0.25, 0.3) is 0 Å². The molecule has 0 aliphatic heterocycles. The maximum Gasteiger partial charge on any atom is 0.139 e. The van der Waals surface area contributed by atoms with E-state index in [1.165, 1.54) is 25.7 Å². The first-order valence-corrected chi connectivity index (χ1v) is 9.16. The number of hydrogen-bond donors (Lipinski definition) is 1. The van der Waals surface area contributed by atoms with Crippen molar-refractivity contribution in [1.82, 2.24) is 0 Å². The van der Waals surface area contributed by atoms with Crippen LogP contribution >= 0.6 is 0 Å². The van der Waals surface area contributed by atoms with Gasteiger partial charge in [0.15, 0.2) is 0 Å². The highest BCUT2D eigenvalue weighted by molar-refractivity contribution is 5.87. The van der Waals surface area contributed by atoms with E-state index in [-0.39, 0.29) is 11.5 Å². The van der Waals surface area contributed by atoms with Gasteiger partial charge in [-0.05, 0) is 80.5 Å². The topological polar surface area (TPSA) is 37.3 Å². The van der Waals surface area contributed by atoms with E-state index in [1.807, 2.05) is 0 Å². The average molecular weight is 290 g/mol. The first kappa shape index (κ1) is 14.2. The van der Waals surface area contributed by atoms with Gasteiger partial charge < -0.3 is 5.11 Å². The van der Waals surface area contributed by atoms with Crippen LogP contribution in [0.1, 0.15) is 71.6 Å². The van der Waals surface area contributed by atoms with Gasteiger partial charge >= 0.3 is 0 Å². The minimum Gasteiger partial charge on any atom is -0.393 e. The van der Waals surface area contributed by atoms with Crippen LogP contribution in [0.25, 0.3) is 0 Å². The van der Waals surface area contributed by atoms with Gasteiger partial charge in [-0.3, -0.25) is 4.79 Å². The van der Waals surface area contributed by atoms with Gasteiger partial charge in [-0.25, -0.2) is 0 Å². The van der Waals surface area contributed by atoms with Gasteiger partial charge in [0.2, 0.25) is 0 Å². The summed E-state index contributed by atoms with van der Waals surface area (Å²) in [5.74, 6) is 3.54. The van der Waals surface area contributed by atoms with Crippen LogP contribution in [-0.4, -0.2) is 17.0 Å². The molecular weight excluding hydrogens is 260 g/mol. The number of Topliss-reactive ketones (excluding diaryl/α,β-unsaturated/α-hetero) is 1. The molecule has 118 valence electrons. The maximum atomic E-state index is 12.4. The molecule has 4 aliphatic rings. The van der Waals surface area contributed by atoms with E-state index in [0.717, 1.165) is 49.9 Å². The Kier molecular flexibility index (Phi) is 3.10. The van der Waals surface area contributed by atoms with Crippen molar-refractivity contribution in [2.45, 2.75) is 77.7 Å². The molecule has 4 aliphatic carbocycles. The van der Waals surface area contributed by atoms with Crippen LogP contribution in [0.2, 0.25) is 0 Å². The van der Waals surface area contributed by atoms with Crippen molar-refractivity contribution in [1.29, 1.82) is 0 Å². The van der Waals surface area contributed by atoms with Crippen LogP contribution in [0.15, 0.2) is 0 Å². The van der Waals surface area contributed by atoms with Gasteiger partial charge in [0.1, 0.15) is 5.78 Å². The highest BCUT2D eigenvalue weighted by atomic mass is 16.3. The minimum atomic E-state index is -0.0541. The predicted octanol–water partition coefficient (Wildman–Crippen LogP) is 3.96. The zero-order valence-corrected chi connectivity index (χ0v) is 13.6. The molecule has 0 radical (unpaired) electrons. The number of fused-ring (bicyclic) bond motifs is 5. The van der Waals surface area contributed by atoms with Crippen molar-refractivity contribution in [3.63, 3.8) is 0 Å². The Labute approximate surface area is 128 Å². The monoisotopic (exact) mass is 290 g/mol. The van der Waals surface area contributed by atoms with Gasteiger partial charge in [-0.15, -0.1) is 0 Å². The summed E-state index contributed by atoms with van der Waals surface area (Å²) in [4.78, 5) is 12.4. The normalized spacial score (nSPS) is 56.5. The van der Waals surface area contributed by atoms with Crippen molar-refractivity contribution >= 4 is 5.78 Å². The molecule has 4 rings (SSSR count). The highest BCUT2D eigenvalue weighted by Gasteiger charge is 2.60. The molecular formula is C19H30O2. The van der Waals surface area contributed by atoms with Crippen molar-refractivity contribution < 1.29 is 9.90 Å². The van der Waals surface area contributed by atoms with E-state index in [4.69, 9.17) is 0 Å². The quantitative estimate of drug-likeness (QED) is 0.733. The Morgan fingerprint density at radius 1 is 1.00 bits per heavy atom. The zero-order valence-electron chi connectivity index (χ0n) is 13.6. The van der Waals surface area contributed by atoms with Crippen LogP contribution in [0.4, 0.5) is 0 Å². The lowest BCUT2D eigenvalue weighted by Gasteiger charge is -2.60. The molecule has 0 heterocycles. The first-order valence-electron chi connectivity index (χ1n) is 9.16. The molecule has 2 heteroatoms. The number of carbonyl (C=O) groups excluding carboxylic acids is 1. The fraction of sp³-hybridized carbons (Fsp3) is 0.947. The summed E-state index contributed by atoms with van der Waals surface area (Å²) >= 11 is 0. The molecule has 0 aromatic heterocycles. The third kappa shape index (κ3) is 1.84. The second-order valence-corrected chi connectivity index (χ2v) is 9.00. The van der Waals surface area contributed by atoms with Crippen LogP contribution in [-0.2, 0) is 4.79 Å². The van der Waals surface area contributed by atoms with Gasteiger partial charge in [-0.2, -0.15) is 0 Å². The van der Waals surface area contributed by atoms with Crippen molar-refractivity contribution in [3.05, 3.63) is 0 Å². The lowest BCUT2D eigenvalue weighted by Crippen LogP contribution is -2.54. The Morgan fingerprint density at radius 2 is 1.81 bits per heavy atom. The number of carbonyl (C=O) groups is 1. The Hall–Kier alpha value is -0.370. The van der Waals surface area contributed by atoms with Crippen LogP contribution in [0.5, 0.6) is 0 Å². The van der Waals surface area contributed by atoms with Gasteiger partial charge in [-0.1, -0.05) is 13.8 Å². The molecule has 4 saturated carbocycles. The smallest absolute Gasteiger partial charge is 0.139 e. The molecule has 0 amide bonds. The first-order chi connectivity index (χ1) is 9.95. The average Bonchev–Trinajstić information content (AvgIpc) is 2.76. The SMILES string of the molecule is C[C@@]12CC[C@H](O)C[C@@H]1CC[C@@H]1[C@H]2CC[C@]2(C)C(=O)CC[C@@H]12. The van der Waals surface area contributed by atoms with Crippen molar-refractivity contribution in [3.8, 4) is 0 Å². The summed E-state index contributed by atoms with van der Waals surface area (Å²) < 4.78 is 0. The van der Waals surface area contributed by atoms with Gasteiger partial charge in [0.05, 0.1) is 6.10 Å². The number of aliphatic hydroxyl groups is 1. The molecule has 0 unspecified atom stereocenters. The predicted molar refractivity (Wildman–Crippen MR) is 82.7 cm³/mol. The third-order valence-electron chi connectivity index (χ3n) is 8.35. The molecule has 0 spiro atoms. The molecule has 4 fully saturated rings. The fourth-order valence-electron chi connectivity index (χ4n) is 7.01. The second-order valence-electron chi connectivity index (χ2n) is 9.00. The number of rotatable bonds is 0. The van der Waals surface area contributed by atoms with Gasteiger partial charge in [0, 0.05) is 11.8 Å². The number of ketones is 1. The lowest BCUT2D eigenvalue weighted by molar-refractivity contribution is -0.142. The molecule has 2 nitrogen and oxygen atoms in total. The number of hydrogen-bond acceptors (Lipinski definition) is 2. The fourth-order valence-corrected chi connectivity index (χ4v) is 7.01. The second kappa shape index (κ2) is 4.57. The molecule has 0 aromatic rings. The van der Waals surface area contributed by atoms with Crippen LogP contribution in [0, 0.1) is 34.5 Å². The van der Waals surface area contributed by atoms with E-state index >= 15 is 0 Å². The zero-order chi connectivity index (χ0) is 14.8. The maximum absolute atomic E-state index is 12.4.